The minimum Gasteiger partial charge on any atom is -0.299 e. The van der Waals surface area contributed by atoms with Gasteiger partial charge in [0.25, 0.3) is 0 Å². The molecule has 0 aromatic heterocycles. The normalized spacial score (nSPS) is 9.30. The van der Waals surface area contributed by atoms with Gasteiger partial charge in [-0.3, -0.25) is 4.90 Å². The van der Waals surface area contributed by atoms with Crippen LogP contribution in [0.1, 0.15) is 13.3 Å². The highest BCUT2D eigenvalue weighted by molar-refractivity contribution is 4.85. The van der Waals surface area contributed by atoms with Gasteiger partial charge in [-0.15, -0.1) is 18.9 Å². The van der Waals surface area contributed by atoms with Gasteiger partial charge in [-0.05, 0) is 6.54 Å². The van der Waals surface area contributed by atoms with Crippen molar-refractivity contribution in [1.82, 2.24) is 4.90 Å². The first-order valence-electron chi connectivity index (χ1n) is 3.61. The third-order valence-corrected chi connectivity index (χ3v) is 1.41. The standard InChI is InChI=1S/C9H15N/c1-4-7-9-10(6-3)8-5-2/h1,5H,2,6-9H2,3H3. The molecule has 0 saturated heterocycles. The number of rotatable bonds is 5. The molecule has 0 aliphatic heterocycles. The maximum atomic E-state index is 5.13. The summed E-state index contributed by atoms with van der Waals surface area (Å²) in [6, 6.07) is 0. The topological polar surface area (TPSA) is 3.24 Å². The zero-order chi connectivity index (χ0) is 7.82. The summed E-state index contributed by atoms with van der Waals surface area (Å²) in [5.41, 5.74) is 0. The summed E-state index contributed by atoms with van der Waals surface area (Å²) in [5.74, 6) is 2.61. The van der Waals surface area contributed by atoms with E-state index in [-0.39, 0.29) is 0 Å². The lowest BCUT2D eigenvalue weighted by Gasteiger charge is -2.15. The molecule has 0 bridgehead atoms. The van der Waals surface area contributed by atoms with Crippen molar-refractivity contribution in [2.24, 2.45) is 0 Å². The second kappa shape index (κ2) is 6.38. The summed E-state index contributed by atoms with van der Waals surface area (Å²) in [5, 5.41) is 0. The zero-order valence-electron chi connectivity index (χ0n) is 6.64. The summed E-state index contributed by atoms with van der Waals surface area (Å²) in [4.78, 5) is 2.26. The number of terminal acetylenes is 1. The van der Waals surface area contributed by atoms with Crippen LogP contribution >= 0.6 is 0 Å². The van der Waals surface area contributed by atoms with Gasteiger partial charge >= 0.3 is 0 Å². The number of likely N-dealkylation sites (N-methyl/N-ethyl adjacent to an activating group) is 1. The van der Waals surface area contributed by atoms with Crippen LogP contribution in [0, 0.1) is 12.3 Å². The van der Waals surface area contributed by atoms with E-state index in [1.54, 1.807) is 0 Å². The van der Waals surface area contributed by atoms with Crippen LogP contribution in [0.5, 0.6) is 0 Å². The first-order chi connectivity index (χ1) is 4.85. The molecule has 0 fully saturated rings. The van der Waals surface area contributed by atoms with Gasteiger partial charge in [0.1, 0.15) is 0 Å². The van der Waals surface area contributed by atoms with Gasteiger partial charge in [0.15, 0.2) is 0 Å². The molecule has 0 atom stereocenters. The van der Waals surface area contributed by atoms with Crippen molar-refractivity contribution in [2.45, 2.75) is 13.3 Å². The van der Waals surface area contributed by atoms with Crippen molar-refractivity contribution in [1.29, 1.82) is 0 Å². The largest absolute Gasteiger partial charge is 0.299 e. The fraction of sp³-hybridized carbons (Fsp3) is 0.556. The molecule has 0 aromatic carbocycles. The second-order valence-electron chi connectivity index (χ2n) is 2.14. The summed E-state index contributed by atoms with van der Waals surface area (Å²) >= 11 is 0. The van der Waals surface area contributed by atoms with Crippen LogP contribution in [0.3, 0.4) is 0 Å². The lowest BCUT2D eigenvalue weighted by atomic mass is 10.4. The molecular weight excluding hydrogens is 122 g/mol. The Balaban J connectivity index is 3.41. The molecule has 10 heavy (non-hydrogen) atoms. The summed E-state index contributed by atoms with van der Waals surface area (Å²) in [6.07, 6.45) is 7.86. The molecule has 1 heteroatoms. The Hall–Kier alpha value is -0.740. The van der Waals surface area contributed by atoms with E-state index in [9.17, 15) is 0 Å². The predicted octanol–water partition coefficient (Wildman–Crippen LogP) is 1.52. The molecule has 0 aliphatic carbocycles. The highest BCUT2D eigenvalue weighted by Crippen LogP contribution is 1.89. The molecular formula is C9H15N. The fourth-order valence-electron chi connectivity index (χ4n) is 0.784. The van der Waals surface area contributed by atoms with E-state index in [4.69, 9.17) is 6.42 Å². The number of nitrogens with zero attached hydrogens (tertiary/aromatic N) is 1. The Morgan fingerprint density at radius 2 is 2.40 bits per heavy atom. The van der Waals surface area contributed by atoms with Gasteiger partial charge in [-0.1, -0.05) is 13.0 Å². The van der Waals surface area contributed by atoms with Crippen molar-refractivity contribution < 1.29 is 0 Å². The van der Waals surface area contributed by atoms with E-state index in [2.05, 4.69) is 24.3 Å². The molecule has 0 spiro atoms. The van der Waals surface area contributed by atoms with Crippen LogP contribution in [0.4, 0.5) is 0 Å². The van der Waals surface area contributed by atoms with Gasteiger partial charge in [0.05, 0.1) is 0 Å². The minimum atomic E-state index is 0.835. The van der Waals surface area contributed by atoms with Crippen LogP contribution in [-0.2, 0) is 0 Å². The molecule has 0 aromatic rings. The Bertz CT molecular complexity index is 121. The minimum absolute atomic E-state index is 0.835. The smallest absolute Gasteiger partial charge is 0.0214 e. The van der Waals surface area contributed by atoms with Crippen molar-refractivity contribution in [3.8, 4) is 12.3 Å². The highest BCUT2D eigenvalue weighted by Gasteiger charge is 1.95. The second-order valence-corrected chi connectivity index (χ2v) is 2.14. The monoisotopic (exact) mass is 137 g/mol. The Labute approximate surface area is 63.7 Å². The van der Waals surface area contributed by atoms with Gasteiger partial charge < -0.3 is 0 Å². The van der Waals surface area contributed by atoms with E-state index in [0.29, 0.717) is 0 Å². The maximum Gasteiger partial charge on any atom is 0.0214 e. The first kappa shape index (κ1) is 9.26. The Kier molecular flexibility index (Phi) is 5.91. The molecule has 0 N–H and O–H groups in total. The van der Waals surface area contributed by atoms with E-state index in [1.165, 1.54) is 0 Å². The summed E-state index contributed by atoms with van der Waals surface area (Å²) in [7, 11) is 0. The lowest BCUT2D eigenvalue weighted by molar-refractivity contribution is 0.327. The average molecular weight is 137 g/mol. The maximum absolute atomic E-state index is 5.13. The molecule has 56 valence electrons. The van der Waals surface area contributed by atoms with Crippen LogP contribution in [-0.4, -0.2) is 24.5 Å². The van der Waals surface area contributed by atoms with Gasteiger partial charge in [0, 0.05) is 19.5 Å². The predicted molar refractivity (Wildman–Crippen MR) is 45.8 cm³/mol. The van der Waals surface area contributed by atoms with Crippen molar-refractivity contribution >= 4 is 0 Å². The van der Waals surface area contributed by atoms with Crippen LogP contribution in [0.2, 0.25) is 0 Å². The SMILES string of the molecule is C#CCCN(CC)CC=C. The van der Waals surface area contributed by atoms with E-state index >= 15 is 0 Å². The summed E-state index contributed by atoms with van der Waals surface area (Å²) in [6.45, 7) is 8.77. The van der Waals surface area contributed by atoms with Gasteiger partial charge in [0.2, 0.25) is 0 Å². The quantitative estimate of drug-likeness (QED) is 0.410. The zero-order valence-corrected chi connectivity index (χ0v) is 6.64. The fourth-order valence-corrected chi connectivity index (χ4v) is 0.784. The molecule has 0 rings (SSSR count). The molecule has 1 nitrogen and oxygen atoms in total. The molecule has 0 amide bonds. The average Bonchev–Trinajstić information content (AvgIpc) is 1.98. The Morgan fingerprint density at radius 1 is 1.70 bits per heavy atom. The van der Waals surface area contributed by atoms with Crippen molar-refractivity contribution in [3.05, 3.63) is 12.7 Å². The lowest BCUT2D eigenvalue weighted by Crippen LogP contribution is -2.24. The first-order valence-corrected chi connectivity index (χ1v) is 3.61. The van der Waals surface area contributed by atoms with Crippen molar-refractivity contribution in [3.63, 3.8) is 0 Å². The molecule has 0 unspecified atom stereocenters. The Morgan fingerprint density at radius 3 is 2.80 bits per heavy atom. The third-order valence-electron chi connectivity index (χ3n) is 1.41. The van der Waals surface area contributed by atoms with Crippen molar-refractivity contribution in [2.75, 3.05) is 19.6 Å². The van der Waals surface area contributed by atoms with Crippen LogP contribution in [0.25, 0.3) is 0 Å². The highest BCUT2D eigenvalue weighted by atomic mass is 15.1. The van der Waals surface area contributed by atoms with Gasteiger partial charge in [-0.2, -0.15) is 0 Å². The summed E-state index contributed by atoms with van der Waals surface area (Å²) < 4.78 is 0. The molecule has 0 saturated carbocycles. The molecule has 0 aliphatic rings. The number of hydrogen-bond donors (Lipinski definition) is 0. The molecule has 0 radical (unpaired) electrons. The third kappa shape index (κ3) is 4.17. The molecule has 0 heterocycles. The van der Waals surface area contributed by atoms with Crippen LogP contribution < -0.4 is 0 Å². The number of hydrogen-bond acceptors (Lipinski definition) is 1. The van der Waals surface area contributed by atoms with Crippen LogP contribution in [0.15, 0.2) is 12.7 Å². The van der Waals surface area contributed by atoms with E-state index in [0.717, 1.165) is 26.1 Å². The van der Waals surface area contributed by atoms with E-state index < -0.39 is 0 Å². The van der Waals surface area contributed by atoms with E-state index in [1.807, 2.05) is 6.08 Å². The van der Waals surface area contributed by atoms with Gasteiger partial charge in [-0.25, -0.2) is 0 Å².